The van der Waals surface area contributed by atoms with Crippen LogP contribution in [0, 0.1) is 0 Å². The first-order valence-corrected chi connectivity index (χ1v) is 10.1. The van der Waals surface area contributed by atoms with Crippen LogP contribution in [0.15, 0.2) is 48.7 Å². The number of fused-ring (bicyclic) bond motifs is 1. The molecule has 4 amide bonds. The first kappa shape index (κ1) is 24.1. The molecule has 2 aromatic carbocycles. The van der Waals surface area contributed by atoms with Gasteiger partial charge in [-0.1, -0.05) is 18.2 Å². The van der Waals surface area contributed by atoms with Crippen molar-refractivity contribution in [3.8, 4) is 0 Å². The number of amides is 4. The molecule has 4 rings (SSSR count). The molecule has 1 saturated heterocycles. The van der Waals surface area contributed by atoms with E-state index in [1.54, 1.807) is 12.3 Å². The minimum atomic E-state index is -5.10. The number of nitrogens with one attached hydrogen (secondary N) is 3. The first-order valence-electron chi connectivity index (χ1n) is 10.1. The maximum atomic E-state index is 13.0. The van der Waals surface area contributed by atoms with Crippen molar-refractivity contribution in [1.29, 1.82) is 0 Å². The number of para-hydroxylation sites is 1. The average molecular weight is 498 g/mol. The number of rotatable bonds is 5. The van der Waals surface area contributed by atoms with E-state index in [1.165, 1.54) is 0 Å². The lowest BCUT2D eigenvalue weighted by atomic mass is 10.1. The number of benzene rings is 2. The van der Waals surface area contributed by atoms with Crippen molar-refractivity contribution in [3.05, 3.63) is 65.4 Å². The van der Waals surface area contributed by atoms with Crippen molar-refractivity contribution in [2.24, 2.45) is 0 Å². The lowest BCUT2D eigenvalue weighted by Crippen LogP contribution is -2.38. The SMILES string of the molecule is O=C(CN1C(=O)NC(Cc2c[nH]c3ccccc23)C1=O)Nc1cc(C(F)(F)F)cc(C(F)(F)F)c1. The Morgan fingerprint density at radius 3 is 2.23 bits per heavy atom. The molecule has 0 saturated carbocycles. The van der Waals surface area contributed by atoms with Gasteiger partial charge in [0.1, 0.15) is 12.6 Å². The smallest absolute Gasteiger partial charge is 0.361 e. The fourth-order valence-electron chi connectivity index (χ4n) is 3.76. The Balaban J connectivity index is 1.47. The molecule has 2 heterocycles. The highest BCUT2D eigenvalue weighted by atomic mass is 19.4. The van der Waals surface area contributed by atoms with Crippen molar-refractivity contribution in [1.82, 2.24) is 15.2 Å². The summed E-state index contributed by atoms with van der Waals surface area (Å²) in [5.74, 6) is -1.90. The van der Waals surface area contributed by atoms with Crippen LogP contribution in [0.25, 0.3) is 10.9 Å². The van der Waals surface area contributed by atoms with Gasteiger partial charge < -0.3 is 15.6 Å². The maximum Gasteiger partial charge on any atom is 0.416 e. The number of hydrogen-bond donors (Lipinski definition) is 3. The van der Waals surface area contributed by atoms with E-state index in [-0.39, 0.29) is 12.5 Å². The van der Waals surface area contributed by atoms with Crippen LogP contribution in [-0.4, -0.2) is 40.3 Å². The monoisotopic (exact) mass is 498 g/mol. The lowest BCUT2D eigenvalue weighted by Gasteiger charge is -2.16. The molecule has 35 heavy (non-hydrogen) atoms. The van der Waals surface area contributed by atoms with E-state index >= 15 is 0 Å². The predicted octanol–water partition coefficient (Wildman–Crippen LogP) is 4.31. The van der Waals surface area contributed by atoms with Gasteiger partial charge in [0, 0.05) is 29.2 Å². The number of hydrogen-bond acceptors (Lipinski definition) is 3. The second kappa shape index (κ2) is 8.64. The standard InChI is InChI=1S/C22H16F6N4O3/c23-21(24,25)12-6-13(22(26,27)28)8-14(7-12)30-18(33)10-32-19(34)17(31-20(32)35)5-11-9-29-16-4-2-1-3-15(11)16/h1-4,6-9,17,29H,5,10H2,(H,30,33)(H,31,35). The van der Waals surface area contributed by atoms with Crippen LogP contribution in [0.4, 0.5) is 36.8 Å². The Labute approximate surface area is 193 Å². The summed E-state index contributed by atoms with van der Waals surface area (Å²) in [6.45, 7) is -0.896. The largest absolute Gasteiger partial charge is 0.416 e. The Bertz CT molecular complexity index is 1280. The van der Waals surface area contributed by atoms with Gasteiger partial charge in [0.2, 0.25) is 5.91 Å². The van der Waals surface area contributed by atoms with Gasteiger partial charge >= 0.3 is 18.4 Å². The summed E-state index contributed by atoms with van der Waals surface area (Å²) in [4.78, 5) is 40.9. The molecule has 0 spiro atoms. The van der Waals surface area contributed by atoms with Gasteiger partial charge in [0.15, 0.2) is 0 Å². The molecule has 3 N–H and O–H groups in total. The molecule has 1 aliphatic rings. The number of aromatic nitrogens is 1. The van der Waals surface area contributed by atoms with E-state index in [4.69, 9.17) is 0 Å². The van der Waals surface area contributed by atoms with Crippen molar-refractivity contribution >= 4 is 34.4 Å². The number of anilines is 1. The van der Waals surface area contributed by atoms with Gasteiger partial charge in [-0.2, -0.15) is 26.3 Å². The van der Waals surface area contributed by atoms with Crippen LogP contribution in [0.3, 0.4) is 0 Å². The molecule has 1 aliphatic heterocycles. The molecule has 184 valence electrons. The molecular weight excluding hydrogens is 482 g/mol. The third-order valence-electron chi connectivity index (χ3n) is 5.38. The molecule has 3 aromatic rings. The number of H-pyrrole nitrogens is 1. The Morgan fingerprint density at radius 1 is 0.971 bits per heavy atom. The molecule has 1 aromatic heterocycles. The van der Waals surface area contributed by atoms with Gasteiger partial charge in [0.25, 0.3) is 5.91 Å². The van der Waals surface area contributed by atoms with E-state index in [2.05, 4.69) is 10.3 Å². The van der Waals surface area contributed by atoms with Crippen molar-refractivity contribution in [2.45, 2.75) is 24.8 Å². The number of alkyl halides is 6. The van der Waals surface area contributed by atoms with Crippen LogP contribution < -0.4 is 10.6 Å². The molecule has 0 aliphatic carbocycles. The summed E-state index contributed by atoms with van der Waals surface area (Å²) in [6.07, 6.45) is -8.41. The van der Waals surface area contributed by atoms with E-state index in [1.807, 2.05) is 23.5 Å². The normalized spacial score (nSPS) is 16.6. The molecule has 0 radical (unpaired) electrons. The number of carbonyl (C=O) groups is 3. The highest BCUT2D eigenvalue weighted by Crippen LogP contribution is 2.37. The average Bonchev–Trinajstić information content (AvgIpc) is 3.28. The lowest BCUT2D eigenvalue weighted by molar-refractivity contribution is -0.143. The van der Waals surface area contributed by atoms with Gasteiger partial charge in [-0.3, -0.25) is 14.5 Å². The van der Waals surface area contributed by atoms with Gasteiger partial charge in [0.05, 0.1) is 11.1 Å². The van der Waals surface area contributed by atoms with Crippen molar-refractivity contribution < 1.29 is 40.7 Å². The van der Waals surface area contributed by atoms with Gasteiger partial charge in [-0.25, -0.2) is 4.79 Å². The molecule has 1 fully saturated rings. The fourth-order valence-corrected chi connectivity index (χ4v) is 3.76. The number of carbonyl (C=O) groups excluding carboxylic acids is 3. The summed E-state index contributed by atoms with van der Waals surface area (Å²) < 4.78 is 78.1. The second-order valence-corrected chi connectivity index (χ2v) is 7.83. The van der Waals surface area contributed by atoms with Gasteiger partial charge in [-0.05, 0) is 29.8 Å². The van der Waals surface area contributed by atoms with E-state index < -0.39 is 59.6 Å². The summed E-state index contributed by atoms with van der Waals surface area (Å²) in [5, 5.41) is 5.16. The molecule has 13 heteroatoms. The molecule has 1 unspecified atom stereocenters. The minimum absolute atomic E-state index is 0.0809. The van der Waals surface area contributed by atoms with Gasteiger partial charge in [-0.15, -0.1) is 0 Å². The van der Waals surface area contributed by atoms with Crippen LogP contribution in [0.2, 0.25) is 0 Å². The number of halogens is 6. The van der Waals surface area contributed by atoms with Crippen LogP contribution >= 0.6 is 0 Å². The number of aromatic amines is 1. The highest BCUT2D eigenvalue weighted by Gasteiger charge is 2.40. The van der Waals surface area contributed by atoms with Crippen molar-refractivity contribution in [3.63, 3.8) is 0 Å². The minimum Gasteiger partial charge on any atom is -0.361 e. The molecular formula is C22H16F6N4O3. The Kier molecular flexibility index (Phi) is 5.95. The fraction of sp³-hybridized carbons (Fsp3) is 0.227. The van der Waals surface area contributed by atoms with Crippen LogP contribution in [0.5, 0.6) is 0 Å². The quantitative estimate of drug-likeness (QED) is 0.362. The summed E-state index contributed by atoms with van der Waals surface area (Å²) in [7, 11) is 0. The predicted molar refractivity (Wildman–Crippen MR) is 111 cm³/mol. The Morgan fingerprint density at radius 2 is 1.60 bits per heavy atom. The number of imide groups is 1. The summed E-state index contributed by atoms with van der Waals surface area (Å²) >= 11 is 0. The summed E-state index contributed by atoms with van der Waals surface area (Å²) in [6, 6.07) is 5.92. The van der Waals surface area contributed by atoms with E-state index in [0.717, 1.165) is 16.5 Å². The first-order chi connectivity index (χ1) is 16.3. The van der Waals surface area contributed by atoms with Crippen molar-refractivity contribution in [2.75, 3.05) is 11.9 Å². The van der Waals surface area contributed by atoms with Crippen LogP contribution in [0.1, 0.15) is 16.7 Å². The maximum absolute atomic E-state index is 13.0. The third kappa shape index (κ3) is 5.08. The topological polar surface area (TPSA) is 94.3 Å². The molecule has 7 nitrogen and oxygen atoms in total. The number of nitrogens with zero attached hydrogens (tertiary/aromatic N) is 1. The zero-order valence-electron chi connectivity index (χ0n) is 17.6. The highest BCUT2D eigenvalue weighted by molar-refractivity contribution is 6.08. The van der Waals surface area contributed by atoms with E-state index in [9.17, 15) is 40.7 Å². The third-order valence-corrected chi connectivity index (χ3v) is 5.38. The van der Waals surface area contributed by atoms with Crippen LogP contribution in [-0.2, 0) is 28.4 Å². The number of urea groups is 1. The second-order valence-electron chi connectivity index (χ2n) is 7.83. The molecule has 0 bridgehead atoms. The molecule has 1 atom stereocenters. The zero-order valence-corrected chi connectivity index (χ0v) is 17.6. The van der Waals surface area contributed by atoms with E-state index in [0.29, 0.717) is 17.0 Å². The Hall–Kier alpha value is -4.03. The summed E-state index contributed by atoms with van der Waals surface area (Å²) in [5.41, 5.74) is -2.46. The zero-order chi connectivity index (χ0) is 25.5.